The molecule has 1 fully saturated rings. The largest absolute Gasteiger partial charge is 0.467 e. The monoisotopic (exact) mass is 334 g/mol. The van der Waals surface area contributed by atoms with Crippen molar-refractivity contribution in [1.29, 1.82) is 0 Å². The van der Waals surface area contributed by atoms with Crippen molar-refractivity contribution in [2.24, 2.45) is 5.73 Å². The molecule has 0 aromatic heterocycles. The van der Waals surface area contributed by atoms with Crippen LogP contribution in [0, 0.1) is 0 Å². The van der Waals surface area contributed by atoms with Crippen LogP contribution >= 0.6 is 0 Å². The molecule has 1 atom stereocenters. The lowest BCUT2D eigenvalue weighted by molar-refractivity contribution is -0.170. The average molecular weight is 334 g/mol. The second-order valence-corrected chi connectivity index (χ2v) is 7.15. The lowest BCUT2D eigenvalue weighted by atomic mass is 9.91. The van der Waals surface area contributed by atoms with Gasteiger partial charge in [0.1, 0.15) is 5.60 Å². The summed E-state index contributed by atoms with van der Waals surface area (Å²) in [7, 11) is 1.21. The molecule has 1 aliphatic rings. The van der Waals surface area contributed by atoms with E-state index >= 15 is 0 Å². The minimum atomic E-state index is -1.86. The molecule has 1 aliphatic heterocycles. The van der Waals surface area contributed by atoms with Crippen molar-refractivity contribution in [1.82, 2.24) is 0 Å². The normalized spacial score (nSPS) is 16.8. The first-order valence-electron chi connectivity index (χ1n) is 8.10. The summed E-state index contributed by atoms with van der Waals surface area (Å²) in [6, 6.07) is 7.70. The highest BCUT2D eigenvalue weighted by atomic mass is 16.6. The summed E-state index contributed by atoms with van der Waals surface area (Å²) >= 11 is 0. The van der Waals surface area contributed by atoms with Crippen LogP contribution in [0.3, 0.4) is 0 Å². The van der Waals surface area contributed by atoms with Crippen LogP contribution in [-0.4, -0.2) is 43.3 Å². The molecule has 0 aliphatic carbocycles. The molecule has 6 heteroatoms. The highest BCUT2D eigenvalue weighted by Gasteiger charge is 2.46. The van der Waals surface area contributed by atoms with Crippen molar-refractivity contribution in [3.8, 4) is 0 Å². The number of anilines is 1. The van der Waals surface area contributed by atoms with Gasteiger partial charge in [-0.15, -0.1) is 0 Å². The number of esters is 2. The van der Waals surface area contributed by atoms with E-state index in [1.54, 1.807) is 20.8 Å². The summed E-state index contributed by atoms with van der Waals surface area (Å²) in [5, 5.41) is 0. The number of hydrogen-bond acceptors (Lipinski definition) is 6. The van der Waals surface area contributed by atoms with Gasteiger partial charge in [0.05, 0.1) is 7.11 Å². The second-order valence-electron chi connectivity index (χ2n) is 7.15. The minimum Gasteiger partial charge on any atom is -0.467 e. The summed E-state index contributed by atoms with van der Waals surface area (Å²) < 4.78 is 10.1. The third-order valence-electron chi connectivity index (χ3n) is 3.95. The molecule has 0 bridgehead atoms. The molecular formula is C18H26N2O4. The summed E-state index contributed by atoms with van der Waals surface area (Å²) in [5.41, 5.74) is 5.41. The van der Waals surface area contributed by atoms with Crippen LogP contribution in [0.25, 0.3) is 0 Å². The smallest absolute Gasteiger partial charge is 0.338 e. The zero-order valence-corrected chi connectivity index (χ0v) is 14.8. The van der Waals surface area contributed by atoms with E-state index in [2.05, 4.69) is 4.90 Å². The zero-order chi connectivity index (χ0) is 18.0. The summed E-state index contributed by atoms with van der Waals surface area (Å²) in [6.07, 6.45) is 1.23. The van der Waals surface area contributed by atoms with E-state index in [1.165, 1.54) is 13.5 Å². The standard InChI is InChI=1S/C18H26N2O4/c1-17(2,3)24-16(22)18(19,15(21)23-4)12-13-6-8-14(9-7-13)20-10-5-11-20/h6-9H,5,10-12,19H2,1-4H3/t18-/m0/s1. The Morgan fingerprint density at radius 3 is 2.12 bits per heavy atom. The van der Waals surface area contributed by atoms with Gasteiger partial charge in [0, 0.05) is 25.2 Å². The molecule has 1 aromatic rings. The van der Waals surface area contributed by atoms with Crippen LogP contribution in [0.15, 0.2) is 24.3 Å². The first-order chi connectivity index (χ1) is 11.2. The van der Waals surface area contributed by atoms with Gasteiger partial charge in [0.25, 0.3) is 0 Å². The van der Waals surface area contributed by atoms with Crippen LogP contribution in [0.2, 0.25) is 0 Å². The van der Waals surface area contributed by atoms with Crippen LogP contribution < -0.4 is 10.6 Å². The molecule has 6 nitrogen and oxygen atoms in total. The van der Waals surface area contributed by atoms with Gasteiger partial charge in [-0.1, -0.05) is 12.1 Å². The van der Waals surface area contributed by atoms with E-state index in [1.807, 2.05) is 24.3 Å². The maximum Gasteiger partial charge on any atom is 0.338 e. The lowest BCUT2D eigenvalue weighted by Crippen LogP contribution is -2.59. The predicted molar refractivity (Wildman–Crippen MR) is 91.8 cm³/mol. The van der Waals surface area contributed by atoms with Crippen molar-refractivity contribution >= 4 is 17.6 Å². The SMILES string of the molecule is COC(=O)[C@@](N)(Cc1ccc(N2CCC2)cc1)C(=O)OC(C)(C)C. The Morgan fingerprint density at radius 1 is 1.12 bits per heavy atom. The van der Waals surface area contributed by atoms with Gasteiger partial charge in [0.2, 0.25) is 5.54 Å². The van der Waals surface area contributed by atoms with Crippen LogP contribution in [0.1, 0.15) is 32.8 Å². The third-order valence-corrected chi connectivity index (χ3v) is 3.95. The Balaban J connectivity index is 2.18. The maximum absolute atomic E-state index is 12.5. The molecule has 2 rings (SSSR count). The van der Waals surface area contributed by atoms with Crippen LogP contribution in [0.5, 0.6) is 0 Å². The van der Waals surface area contributed by atoms with Crippen molar-refractivity contribution in [3.05, 3.63) is 29.8 Å². The first kappa shape index (κ1) is 18.3. The van der Waals surface area contributed by atoms with Gasteiger partial charge < -0.3 is 20.1 Å². The van der Waals surface area contributed by atoms with Gasteiger partial charge in [-0.2, -0.15) is 0 Å². The first-order valence-corrected chi connectivity index (χ1v) is 8.10. The average Bonchev–Trinajstić information content (AvgIpc) is 2.44. The highest BCUT2D eigenvalue weighted by Crippen LogP contribution is 2.23. The Kier molecular flexibility index (Phi) is 5.18. The van der Waals surface area contributed by atoms with Gasteiger partial charge >= 0.3 is 11.9 Å². The highest BCUT2D eigenvalue weighted by molar-refractivity contribution is 6.05. The third kappa shape index (κ3) is 4.06. The van der Waals surface area contributed by atoms with Gasteiger partial charge in [0.15, 0.2) is 0 Å². The fourth-order valence-electron chi connectivity index (χ4n) is 2.50. The number of carbonyl (C=O) groups is 2. The number of benzene rings is 1. The molecule has 0 saturated carbocycles. The van der Waals surface area contributed by atoms with Gasteiger partial charge in [-0.25, -0.2) is 9.59 Å². The summed E-state index contributed by atoms with van der Waals surface area (Å²) in [5.74, 6) is -1.59. The second kappa shape index (κ2) is 6.81. The number of methoxy groups -OCH3 is 1. The van der Waals surface area contributed by atoms with E-state index < -0.39 is 23.1 Å². The fraction of sp³-hybridized carbons (Fsp3) is 0.556. The molecule has 1 aromatic carbocycles. The van der Waals surface area contributed by atoms with E-state index in [0.717, 1.165) is 24.3 Å². The summed E-state index contributed by atoms with van der Waals surface area (Å²) in [4.78, 5) is 26.9. The fourth-order valence-corrected chi connectivity index (χ4v) is 2.50. The molecule has 0 amide bonds. The number of hydrogen-bond donors (Lipinski definition) is 1. The van der Waals surface area contributed by atoms with Crippen molar-refractivity contribution in [3.63, 3.8) is 0 Å². The number of carbonyl (C=O) groups excluding carboxylic acids is 2. The predicted octanol–water partition coefficient (Wildman–Crippen LogP) is 1.65. The molecule has 24 heavy (non-hydrogen) atoms. The van der Waals surface area contributed by atoms with E-state index in [0.29, 0.717) is 0 Å². The van der Waals surface area contributed by atoms with E-state index in [4.69, 9.17) is 15.2 Å². The van der Waals surface area contributed by atoms with Gasteiger partial charge in [-0.05, 0) is 44.9 Å². The Hall–Kier alpha value is -2.08. The van der Waals surface area contributed by atoms with Crippen LogP contribution in [0.4, 0.5) is 5.69 Å². The minimum absolute atomic E-state index is 0.0227. The van der Waals surface area contributed by atoms with E-state index in [9.17, 15) is 9.59 Å². The van der Waals surface area contributed by atoms with Crippen molar-refractivity contribution in [2.75, 3.05) is 25.1 Å². The molecule has 0 radical (unpaired) electrons. The topological polar surface area (TPSA) is 81.9 Å². The number of nitrogens with zero attached hydrogens (tertiary/aromatic N) is 1. The number of ether oxygens (including phenoxy) is 2. The maximum atomic E-state index is 12.5. The van der Waals surface area contributed by atoms with Crippen molar-refractivity contribution in [2.45, 2.75) is 44.8 Å². The molecule has 1 saturated heterocycles. The molecule has 2 N–H and O–H groups in total. The lowest BCUT2D eigenvalue weighted by Gasteiger charge is -2.33. The molecule has 1 heterocycles. The Bertz CT molecular complexity index is 602. The zero-order valence-electron chi connectivity index (χ0n) is 14.8. The molecule has 0 unspecified atom stereocenters. The number of rotatable bonds is 5. The number of nitrogens with two attached hydrogens (primary N) is 1. The Labute approximate surface area is 142 Å². The summed E-state index contributed by atoms with van der Waals surface area (Å²) in [6.45, 7) is 7.29. The van der Waals surface area contributed by atoms with Crippen molar-refractivity contribution < 1.29 is 19.1 Å². The molecular weight excluding hydrogens is 308 g/mol. The molecule has 132 valence electrons. The Morgan fingerprint density at radius 2 is 1.71 bits per heavy atom. The quantitative estimate of drug-likeness (QED) is 0.651. The molecule has 0 spiro atoms. The van der Waals surface area contributed by atoms with Crippen LogP contribution in [-0.2, 0) is 25.5 Å². The van der Waals surface area contributed by atoms with E-state index in [-0.39, 0.29) is 6.42 Å². The van der Waals surface area contributed by atoms with Gasteiger partial charge in [-0.3, -0.25) is 0 Å².